The van der Waals surface area contributed by atoms with Crippen molar-refractivity contribution in [2.75, 3.05) is 18.8 Å². The van der Waals surface area contributed by atoms with Crippen LogP contribution in [0.15, 0.2) is 36.4 Å². The second kappa shape index (κ2) is 5.10. The van der Waals surface area contributed by atoms with E-state index < -0.39 is 0 Å². The first-order valence-corrected chi connectivity index (χ1v) is 7.53. The smallest absolute Gasteiger partial charge is 0.0366 e. The molecule has 1 aliphatic rings. The number of benzene rings is 2. The third-order valence-corrected chi connectivity index (χ3v) is 4.38. The minimum absolute atomic E-state index is 0.434. The molecule has 2 aromatic rings. The number of nitrogen functional groups attached to an aromatic ring is 1. The number of fused-ring (bicyclic) bond motifs is 1. The molecule has 0 spiro atoms. The zero-order chi connectivity index (χ0) is 14.2. The molecule has 1 fully saturated rings. The number of anilines is 1. The molecule has 0 bridgehead atoms. The van der Waals surface area contributed by atoms with Crippen LogP contribution >= 0.6 is 0 Å². The van der Waals surface area contributed by atoms with E-state index in [1.807, 2.05) is 0 Å². The zero-order valence-electron chi connectivity index (χ0n) is 12.5. The van der Waals surface area contributed by atoms with E-state index in [2.05, 4.69) is 55.1 Å². The molecule has 2 heteroatoms. The summed E-state index contributed by atoms with van der Waals surface area (Å²) in [4.78, 5) is 2.55. The Bertz CT molecular complexity index is 616. The van der Waals surface area contributed by atoms with E-state index >= 15 is 0 Å². The average molecular weight is 268 g/mol. The molecule has 1 aliphatic heterocycles. The maximum Gasteiger partial charge on any atom is 0.0366 e. The summed E-state index contributed by atoms with van der Waals surface area (Å²) in [5.41, 5.74) is 8.87. The van der Waals surface area contributed by atoms with Gasteiger partial charge in [0.25, 0.3) is 0 Å². The zero-order valence-corrected chi connectivity index (χ0v) is 12.5. The van der Waals surface area contributed by atoms with Crippen molar-refractivity contribution in [3.05, 3.63) is 42.0 Å². The van der Waals surface area contributed by atoms with Crippen molar-refractivity contribution in [1.29, 1.82) is 0 Å². The summed E-state index contributed by atoms with van der Waals surface area (Å²) in [6.07, 6.45) is 2.62. The van der Waals surface area contributed by atoms with Crippen molar-refractivity contribution in [1.82, 2.24) is 4.90 Å². The highest BCUT2D eigenvalue weighted by Gasteiger charge is 2.26. The van der Waals surface area contributed by atoms with Crippen molar-refractivity contribution in [2.24, 2.45) is 5.41 Å². The summed E-state index contributed by atoms with van der Waals surface area (Å²) in [5.74, 6) is 0. The standard InChI is InChI=1S/C18H24N2/c1-18(2)8-5-9-20(13-18)12-16-10-14-6-3-4-7-15(14)11-17(16)19/h3-4,6-7,10-11H,5,8-9,12-13,19H2,1-2H3. The second-order valence-electron chi connectivity index (χ2n) is 6.88. The van der Waals surface area contributed by atoms with Gasteiger partial charge in [-0.1, -0.05) is 38.1 Å². The predicted octanol–water partition coefficient (Wildman–Crippen LogP) is 4.04. The summed E-state index contributed by atoms with van der Waals surface area (Å²) in [6.45, 7) is 8.06. The van der Waals surface area contributed by atoms with Gasteiger partial charge in [-0.2, -0.15) is 0 Å². The monoisotopic (exact) mass is 268 g/mol. The highest BCUT2D eigenvalue weighted by molar-refractivity contribution is 5.86. The molecule has 0 unspecified atom stereocenters. The predicted molar refractivity (Wildman–Crippen MR) is 86.7 cm³/mol. The molecule has 0 atom stereocenters. The van der Waals surface area contributed by atoms with E-state index in [0.29, 0.717) is 5.41 Å². The van der Waals surface area contributed by atoms with Crippen molar-refractivity contribution < 1.29 is 0 Å². The molecule has 0 amide bonds. The van der Waals surface area contributed by atoms with Crippen LogP contribution in [0.3, 0.4) is 0 Å². The lowest BCUT2D eigenvalue weighted by Gasteiger charge is -2.38. The summed E-state index contributed by atoms with van der Waals surface area (Å²) >= 11 is 0. The Morgan fingerprint density at radius 2 is 1.85 bits per heavy atom. The maximum atomic E-state index is 6.24. The maximum absolute atomic E-state index is 6.24. The first-order valence-electron chi connectivity index (χ1n) is 7.53. The van der Waals surface area contributed by atoms with Gasteiger partial charge >= 0.3 is 0 Å². The van der Waals surface area contributed by atoms with Crippen LogP contribution < -0.4 is 5.73 Å². The van der Waals surface area contributed by atoms with Gasteiger partial charge in [0.15, 0.2) is 0 Å². The first kappa shape index (κ1) is 13.4. The van der Waals surface area contributed by atoms with E-state index in [1.54, 1.807) is 0 Å². The summed E-state index contributed by atoms with van der Waals surface area (Å²) in [6, 6.07) is 12.8. The van der Waals surface area contributed by atoms with Gasteiger partial charge < -0.3 is 5.73 Å². The van der Waals surface area contributed by atoms with Gasteiger partial charge in [0.05, 0.1) is 0 Å². The van der Waals surface area contributed by atoms with Gasteiger partial charge in [0, 0.05) is 18.8 Å². The number of rotatable bonds is 2. The lowest BCUT2D eigenvalue weighted by atomic mass is 9.84. The fourth-order valence-corrected chi connectivity index (χ4v) is 3.36. The van der Waals surface area contributed by atoms with Crippen LogP contribution in [-0.4, -0.2) is 18.0 Å². The van der Waals surface area contributed by atoms with Gasteiger partial charge in [0.2, 0.25) is 0 Å². The van der Waals surface area contributed by atoms with E-state index in [4.69, 9.17) is 5.73 Å². The molecule has 20 heavy (non-hydrogen) atoms. The third-order valence-electron chi connectivity index (χ3n) is 4.38. The summed E-state index contributed by atoms with van der Waals surface area (Å²) < 4.78 is 0. The molecule has 106 valence electrons. The Kier molecular flexibility index (Phi) is 3.43. The SMILES string of the molecule is CC1(C)CCCN(Cc2cc3ccccc3cc2N)C1. The van der Waals surface area contributed by atoms with Gasteiger partial charge in [-0.15, -0.1) is 0 Å². The van der Waals surface area contributed by atoms with Gasteiger partial charge in [-0.05, 0) is 53.3 Å². The van der Waals surface area contributed by atoms with E-state index in [1.165, 1.54) is 42.3 Å². The lowest BCUT2D eigenvalue weighted by molar-refractivity contribution is 0.112. The largest absolute Gasteiger partial charge is 0.398 e. The Morgan fingerprint density at radius 3 is 2.55 bits per heavy atom. The first-order chi connectivity index (χ1) is 9.53. The van der Waals surface area contributed by atoms with Crippen molar-refractivity contribution in [2.45, 2.75) is 33.2 Å². The molecule has 2 aromatic carbocycles. The van der Waals surface area contributed by atoms with Crippen LogP contribution in [0.2, 0.25) is 0 Å². The molecule has 1 saturated heterocycles. The molecule has 3 rings (SSSR count). The minimum atomic E-state index is 0.434. The van der Waals surface area contributed by atoms with E-state index in [0.717, 1.165) is 12.2 Å². The normalized spacial score (nSPS) is 19.3. The molecule has 0 aromatic heterocycles. The quantitative estimate of drug-likeness (QED) is 0.833. The molecule has 0 radical (unpaired) electrons. The number of nitrogens with zero attached hydrogens (tertiary/aromatic N) is 1. The fraction of sp³-hybridized carbons (Fsp3) is 0.444. The van der Waals surface area contributed by atoms with Crippen LogP contribution in [-0.2, 0) is 6.54 Å². The lowest BCUT2D eigenvalue weighted by Crippen LogP contribution is -2.39. The number of hydrogen-bond donors (Lipinski definition) is 1. The van der Waals surface area contributed by atoms with Crippen LogP contribution in [0, 0.1) is 5.41 Å². The van der Waals surface area contributed by atoms with Gasteiger partial charge in [-0.3, -0.25) is 4.90 Å². The minimum Gasteiger partial charge on any atom is -0.398 e. The summed E-state index contributed by atoms with van der Waals surface area (Å²) in [5, 5.41) is 2.51. The summed E-state index contributed by atoms with van der Waals surface area (Å²) in [7, 11) is 0. The Morgan fingerprint density at radius 1 is 1.15 bits per heavy atom. The van der Waals surface area contributed by atoms with E-state index in [9.17, 15) is 0 Å². The fourth-order valence-electron chi connectivity index (χ4n) is 3.36. The number of nitrogens with two attached hydrogens (primary N) is 1. The Hall–Kier alpha value is -1.54. The second-order valence-corrected chi connectivity index (χ2v) is 6.88. The highest BCUT2D eigenvalue weighted by Crippen LogP contribution is 2.30. The van der Waals surface area contributed by atoms with Crippen LogP contribution in [0.1, 0.15) is 32.3 Å². The third kappa shape index (κ3) is 2.80. The molecule has 2 N–H and O–H groups in total. The average Bonchev–Trinajstić information content (AvgIpc) is 2.38. The molecular weight excluding hydrogens is 244 g/mol. The van der Waals surface area contributed by atoms with E-state index in [-0.39, 0.29) is 0 Å². The van der Waals surface area contributed by atoms with Crippen LogP contribution in [0.25, 0.3) is 10.8 Å². The van der Waals surface area contributed by atoms with Crippen molar-refractivity contribution in [3.63, 3.8) is 0 Å². The highest BCUT2D eigenvalue weighted by atomic mass is 15.1. The molecule has 0 saturated carbocycles. The van der Waals surface area contributed by atoms with Crippen LogP contribution in [0.4, 0.5) is 5.69 Å². The van der Waals surface area contributed by atoms with Crippen LogP contribution in [0.5, 0.6) is 0 Å². The molecule has 1 heterocycles. The Balaban J connectivity index is 1.85. The van der Waals surface area contributed by atoms with Crippen molar-refractivity contribution >= 4 is 16.5 Å². The molecule has 2 nitrogen and oxygen atoms in total. The molecular formula is C18H24N2. The number of hydrogen-bond acceptors (Lipinski definition) is 2. The van der Waals surface area contributed by atoms with Gasteiger partial charge in [0.1, 0.15) is 0 Å². The van der Waals surface area contributed by atoms with Crippen molar-refractivity contribution in [3.8, 4) is 0 Å². The number of likely N-dealkylation sites (tertiary alicyclic amines) is 1. The molecule has 0 aliphatic carbocycles. The topological polar surface area (TPSA) is 29.3 Å². The number of piperidine rings is 1. The Labute approximate surface area is 121 Å². The van der Waals surface area contributed by atoms with Gasteiger partial charge in [-0.25, -0.2) is 0 Å².